The van der Waals surface area contributed by atoms with Gasteiger partial charge in [0.15, 0.2) is 0 Å². The number of carbonyl (C=O) groups is 3. The van der Waals surface area contributed by atoms with E-state index in [1.807, 2.05) is 41.1 Å². The molecule has 1 N–H and O–H groups in total. The largest absolute Gasteiger partial charge is 0.435 e. The SMILES string of the molecule is O=C(CCn1ccc2ccccc21)NCCN1C(=O)S/C(=C\c2ccc(OC(F)F)cc2)C1=O. The number of halogens is 2. The molecule has 10 heteroatoms. The van der Waals surface area contributed by atoms with Crippen molar-refractivity contribution in [3.63, 3.8) is 0 Å². The molecule has 0 saturated carbocycles. The number of hydrogen-bond acceptors (Lipinski definition) is 5. The number of fused-ring (bicyclic) bond motifs is 1. The van der Waals surface area contributed by atoms with Crippen LogP contribution >= 0.6 is 11.8 Å². The maximum absolute atomic E-state index is 12.6. The number of para-hydroxylation sites is 1. The number of alkyl halides is 2. The van der Waals surface area contributed by atoms with Gasteiger partial charge in [0.1, 0.15) is 5.75 Å². The summed E-state index contributed by atoms with van der Waals surface area (Å²) in [6, 6.07) is 15.6. The van der Waals surface area contributed by atoms with Gasteiger partial charge < -0.3 is 14.6 Å². The molecule has 2 heterocycles. The number of aryl methyl sites for hydroxylation is 1. The highest BCUT2D eigenvalue weighted by Gasteiger charge is 2.34. The Morgan fingerprint density at radius 1 is 1.06 bits per heavy atom. The molecule has 1 aliphatic rings. The Balaban J connectivity index is 1.26. The van der Waals surface area contributed by atoms with E-state index in [0.717, 1.165) is 27.6 Å². The molecule has 1 aliphatic heterocycles. The first-order valence-corrected chi connectivity index (χ1v) is 11.3. The molecule has 7 nitrogen and oxygen atoms in total. The Hall–Kier alpha value is -3.66. The molecule has 1 fully saturated rings. The summed E-state index contributed by atoms with van der Waals surface area (Å²) >= 11 is 0.791. The Morgan fingerprint density at radius 3 is 2.59 bits per heavy atom. The van der Waals surface area contributed by atoms with Gasteiger partial charge in [-0.3, -0.25) is 19.3 Å². The molecule has 34 heavy (non-hydrogen) atoms. The van der Waals surface area contributed by atoms with E-state index in [0.29, 0.717) is 12.1 Å². The molecule has 1 saturated heterocycles. The lowest BCUT2D eigenvalue weighted by molar-refractivity contribution is -0.124. The van der Waals surface area contributed by atoms with Gasteiger partial charge in [0.25, 0.3) is 11.1 Å². The lowest BCUT2D eigenvalue weighted by atomic mass is 10.2. The van der Waals surface area contributed by atoms with Crippen LogP contribution in [0, 0.1) is 0 Å². The van der Waals surface area contributed by atoms with Gasteiger partial charge in [0, 0.05) is 37.8 Å². The van der Waals surface area contributed by atoms with Gasteiger partial charge in [-0.15, -0.1) is 0 Å². The summed E-state index contributed by atoms with van der Waals surface area (Å²) in [7, 11) is 0. The van der Waals surface area contributed by atoms with E-state index in [4.69, 9.17) is 0 Å². The molecule has 2 aromatic carbocycles. The van der Waals surface area contributed by atoms with E-state index in [1.54, 1.807) is 0 Å². The maximum Gasteiger partial charge on any atom is 0.387 e. The zero-order valence-corrected chi connectivity index (χ0v) is 18.8. The second kappa shape index (κ2) is 10.5. The van der Waals surface area contributed by atoms with Crippen molar-refractivity contribution in [3.05, 3.63) is 71.3 Å². The Morgan fingerprint density at radius 2 is 1.82 bits per heavy atom. The van der Waals surface area contributed by atoms with Crippen LogP contribution in [0.1, 0.15) is 12.0 Å². The zero-order valence-electron chi connectivity index (χ0n) is 17.9. The third-order valence-electron chi connectivity index (χ3n) is 5.19. The molecule has 3 amide bonds. The van der Waals surface area contributed by atoms with Gasteiger partial charge in [0.2, 0.25) is 5.91 Å². The van der Waals surface area contributed by atoms with E-state index >= 15 is 0 Å². The first kappa shape index (κ1) is 23.5. The molecule has 0 radical (unpaired) electrons. The van der Waals surface area contributed by atoms with Crippen LogP contribution in [0.5, 0.6) is 5.75 Å². The molecule has 4 rings (SSSR count). The Kier molecular flexibility index (Phi) is 7.27. The molecule has 3 aromatic rings. The zero-order chi connectivity index (χ0) is 24.1. The first-order valence-electron chi connectivity index (χ1n) is 10.5. The maximum atomic E-state index is 12.6. The van der Waals surface area contributed by atoms with Crippen LogP contribution < -0.4 is 10.1 Å². The fourth-order valence-corrected chi connectivity index (χ4v) is 4.41. The van der Waals surface area contributed by atoms with Crippen LogP contribution in [0.15, 0.2) is 65.7 Å². The second-order valence-electron chi connectivity index (χ2n) is 7.45. The van der Waals surface area contributed by atoms with Gasteiger partial charge in [-0.05, 0) is 53.1 Å². The quantitative estimate of drug-likeness (QED) is 0.452. The van der Waals surface area contributed by atoms with Crippen molar-refractivity contribution in [2.24, 2.45) is 0 Å². The second-order valence-corrected chi connectivity index (χ2v) is 8.44. The van der Waals surface area contributed by atoms with Crippen LogP contribution in [0.3, 0.4) is 0 Å². The van der Waals surface area contributed by atoms with E-state index in [2.05, 4.69) is 10.1 Å². The summed E-state index contributed by atoms with van der Waals surface area (Å²) in [5.41, 5.74) is 1.62. The standard InChI is InChI=1S/C24H21F2N3O4S/c25-23(26)33-18-7-5-16(6-8-18)15-20-22(31)29(24(32)34-20)14-11-27-21(30)10-13-28-12-9-17-3-1-2-4-19(17)28/h1-9,12,15,23H,10-11,13-14H2,(H,27,30)/b20-15-. The van der Waals surface area contributed by atoms with Crippen LogP contribution in [0.25, 0.3) is 17.0 Å². The number of rotatable bonds is 9. The number of nitrogens with zero attached hydrogens (tertiary/aromatic N) is 2. The van der Waals surface area contributed by atoms with E-state index in [9.17, 15) is 23.2 Å². The number of imide groups is 1. The van der Waals surface area contributed by atoms with Crippen molar-refractivity contribution in [3.8, 4) is 5.75 Å². The van der Waals surface area contributed by atoms with E-state index in [-0.39, 0.29) is 36.1 Å². The highest BCUT2D eigenvalue weighted by Crippen LogP contribution is 2.32. The number of aromatic nitrogens is 1. The molecule has 0 bridgehead atoms. The number of carbonyl (C=O) groups excluding carboxylic acids is 3. The van der Waals surface area contributed by atoms with Crippen LogP contribution in [-0.2, 0) is 16.1 Å². The summed E-state index contributed by atoms with van der Waals surface area (Å²) in [5.74, 6) is -0.636. The van der Waals surface area contributed by atoms with Crippen molar-refractivity contribution >= 4 is 45.8 Å². The number of nitrogens with one attached hydrogen (secondary N) is 1. The summed E-state index contributed by atoms with van der Waals surface area (Å²) in [6.07, 6.45) is 3.72. The topological polar surface area (TPSA) is 80.6 Å². The van der Waals surface area contributed by atoms with Crippen molar-refractivity contribution < 1.29 is 27.9 Å². The Labute approximate surface area is 198 Å². The normalized spacial score (nSPS) is 15.0. The molecular weight excluding hydrogens is 464 g/mol. The number of thioether (sulfide) groups is 1. The van der Waals surface area contributed by atoms with Crippen LogP contribution in [0.2, 0.25) is 0 Å². The molecule has 0 atom stereocenters. The van der Waals surface area contributed by atoms with Crippen molar-refractivity contribution in [2.75, 3.05) is 13.1 Å². The third-order valence-corrected chi connectivity index (χ3v) is 6.10. The van der Waals surface area contributed by atoms with Gasteiger partial charge in [-0.25, -0.2) is 0 Å². The fourth-order valence-electron chi connectivity index (χ4n) is 3.54. The third kappa shape index (κ3) is 5.63. The minimum atomic E-state index is -2.92. The van der Waals surface area contributed by atoms with Crippen LogP contribution in [-0.4, -0.2) is 46.2 Å². The predicted molar refractivity (Wildman–Crippen MR) is 125 cm³/mol. The minimum absolute atomic E-state index is 0.000887. The predicted octanol–water partition coefficient (Wildman–Crippen LogP) is 4.49. The molecule has 0 aliphatic carbocycles. The van der Waals surface area contributed by atoms with Gasteiger partial charge in [0.05, 0.1) is 4.91 Å². The smallest absolute Gasteiger partial charge is 0.387 e. The highest BCUT2D eigenvalue weighted by molar-refractivity contribution is 8.18. The average Bonchev–Trinajstić information content (AvgIpc) is 3.34. The number of ether oxygens (including phenoxy) is 1. The molecule has 1 aromatic heterocycles. The Bertz CT molecular complexity index is 1240. The summed E-state index contributed by atoms with van der Waals surface area (Å²) in [4.78, 5) is 38.4. The minimum Gasteiger partial charge on any atom is -0.435 e. The number of hydrogen-bond donors (Lipinski definition) is 1. The first-order chi connectivity index (χ1) is 16.4. The van der Waals surface area contributed by atoms with Crippen LogP contribution in [0.4, 0.5) is 13.6 Å². The average molecular weight is 486 g/mol. The lowest BCUT2D eigenvalue weighted by Crippen LogP contribution is -2.37. The fraction of sp³-hybridized carbons (Fsp3) is 0.208. The van der Waals surface area contributed by atoms with Crippen molar-refractivity contribution in [2.45, 2.75) is 19.6 Å². The van der Waals surface area contributed by atoms with Crippen molar-refractivity contribution in [1.82, 2.24) is 14.8 Å². The number of benzene rings is 2. The van der Waals surface area contributed by atoms with E-state index < -0.39 is 17.8 Å². The molecule has 0 unspecified atom stereocenters. The monoisotopic (exact) mass is 485 g/mol. The van der Waals surface area contributed by atoms with Gasteiger partial charge in [-0.2, -0.15) is 8.78 Å². The van der Waals surface area contributed by atoms with Crippen molar-refractivity contribution in [1.29, 1.82) is 0 Å². The van der Waals surface area contributed by atoms with E-state index in [1.165, 1.54) is 30.3 Å². The lowest BCUT2D eigenvalue weighted by Gasteiger charge is -2.13. The molecule has 0 spiro atoms. The highest BCUT2D eigenvalue weighted by atomic mass is 32.2. The summed E-state index contributed by atoms with van der Waals surface area (Å²) in [6.45, 7) is -2.20. The van der Waals surface area contributed by atoms with Gasteiger partial charge in [-0.1, -0.05) is 30.3 Å². The molecular formula is C24H21F2N3O4S. The van der Waals surface area contributed by atoms with Gasteiger partial charge >= 0.3 is 6.61 Å². The summed E-state index contributed by atoms with van der Waals surface area (Å²) in [5, 5.41) is 3.42. The summed E-state index contributed by atoms with van der Waals surface area (Å²) < 4.78 is 30.8. The number of amides is 3. The molecule has 176 valence electrons.